The minimum atomic E-state index is -0.558. The summed E-state index contributed by atoms with van der Waals surface area (Å²) in [5, 5.41) is 22.2. The average molecular weight is 677 g/mol. The van der Waals surface area contributed by atoms with Crippen LogP contribution in [0.25, 0.3) is 50.3 Å². The normalized spacial score (nSPS) is 13.7. The summed E-state index contributed by atoms with van der Waals surface area (Å²) in [5.41, 5.74) is 16.4. The van der Waals surface area contributed by atoms with E-state index in [4.69, 9.17) is 0 Å². The van der Waals surface area contributed by atoms with Crippen molar-refractivity contribution in [2.75, 3.05) is 6.54 Å². The van der Waals surface area contributed by atoms with E-state index in [2.05, 4.69) is 168 Å². The zero-order chi connectivity index (χ0) is 35.8. The SMILES string of the molecule is N#CC1=CCNC(c2ccc(-c3ccc4c(c3)C(c3ccccc3)(c3ccccc3)c3cc(-c5ccc(-c6cc(C#N)ccn6)cc5)ccc3-4)cc2)=C1. The van der Waals surface area contributed by atoms with Crippen LogP contribution in [-0.2, 0) is 5.41 Å². The first-order chi connectivity index (χ1) is 26.1. The van der Waals surface area contributed by atoms with Gasteiger partial charge in [-0.25, -0.2) is 0 Å². The lowest BCUT2D eigenvalue weighted by molar-refractivity contribution is 0.769. The Bertz CT molecular complexity index is 2620. The van der Waals surface area contributed by atoms with Crippen molar-refractivity contribution >= 4 is 5.70 Å². The van der Waals surface area contributed by atoms with Crippen molar-refractivity contribution in [3.8, 4) is 56.8 Å². The molecule has 0 fully saturated rings. The number of rotatable bonds is 6. The predicted octanol–water partition coefficient (Wildman–Crippen LogP) is 10.7. The monoisotopic (exact) mass is 676 g/mol. The van der Waals surface area contributed by atoms with E-state index in [-0.39, 0.29) is 0 Å². The number of dihydropyridines is 1. The van der Waals surface area contributed by atoms with E-state index in [1.165, 1.54) is 33.4 Å². The van der Waals surface area contributed by atoms with E-state index < -0.39 is 5.41 Å². The van der Waals surface area contributed by atoms with E-state index in [9.17, 15) is 10.5 Å². The topological polar surface area (TPSA) is 72.5 Å². The van der Waals surface area contributed by atoms with Crippen LogP contribution >= 0.6 is 0 Å². The lowest BCUT2D eigenvalue weighted by atomic mass is 9.67. The Kier molecular flexibility index (Phi) is 7.85. The number of nitriles is 2. The molecule has 0 saturated carbocycles. The molecule has 248 valence electrons. The second kappa shape index (κ2) is 13.1. The summed E-state index contributed by atoms with van der Waals surface area (Å²) in [4.78, 5) is 4.51. The molecular weight excluding hydrogens is 645 g/mol. The highest BCUT2D eigenvalue weighted by Gasteiger charge is 2.46. The van der Waals surface area contributed by atoms with Crippen molar-refractivity contribution < 1.29 is 0 Å². The molecule has 1 aromatic heterocycles. The third kappa shape index (κ3) is 5.42. The Hall–Kier alpha value is -7.27. The number of hydrogen-bond acceptors (Lipinski definition) is 4. The number of fused-ring (bicyclic) bond motifs is 3. The molecule has 1 aliphatic heterocycles. The molecule has 4 nitrogen and oxygen atoms in total. The smallest absolute Gasteiger partial charge is 0.0992 e. The third-order valence-electron chi connectivity index (χ3n) is 10.5. The number of hydrogen-bond donors (Lipinski definition) is 1. The summed E-state index contributed by atoms with van der Waals surface area (Å²) in [6, 6.07) is 60.6. The first-order valence-electron chi connectivity index (χ1n) is 17.7. The van der Waals surface area contributed by atoms with Gasteiger partial charge in [0.2, 0.25) is 0 Å². The van der Waals surface area contributed by atoms with Crippen LogP contribution in [0.3, 0.4) is 0 Å². The lowest BCUT2D eigenvalue weighted by Crippen LogP contribution is -2.28. The summed E-state index contributed by atoms with van der Waals surface area (Å²) < 4.78 is 0. The third-order valence-corrected chi connectivity index (χ3v) is 10.5. The maximum atomic E-state index is 9.43. The molecule has 0 saturated heterocycles. The molecule has 0 atom stereocenters. The molecule has 0 spiro atoms. The minimum Gasteiger partial charge on any atom is -0.381 e. The van der Waals surface area contributed by atoms with Crippen LogP contribution < -0.4 is 5.32 Å². The zero-order valence-electron chi connectivity index (χ0n) is 28.8. The quantitative estimate of drug-likeness (QED) is 0.190. The Balaban J connectivity index is 1.19. The number of nitrogens with zero attached hydrogens (tertiary/aromatic N) is 3. The molecule has 2 aliphatic rings. The second-order valence-corrected chi connectivity index (χ2v) is 13.4. The number of aromatic nitrogens is 1. The summed E-state index contributed by atoms with van der Waals surface area (Å²) in [6.45, 7) is 0.644. The number of benzene rings is 6. The van der Waals surface area contributed by atoms with E-state index in [1.54, 1.807) is 12.3 Å². The van der Waals surface area contributed by atoms with Gasteiger partial charge in [0.15, 0.2) is 0 Å². The second-order valence-electron chi connectivity index (χ2n) is 13.4. The van der Waals surface area contributed by atoms with Crippen LogP contribution in [0.2, 0.25) is 0 Å². The fourth-order valence-electron chi connectivity index (χ4n) is 7.98. The largest absolute Gasteiger partial charge is 0.381 e. The first kappa shape index (κ1) is 31.7. The average Bonchev–Trinajstić information content (AvgIpc) is 3.54. The van der Waals surface area contributed by atoms with Gasteiger partial charge in [0.1, 0.15) is 0 Å². The highest BCUT2D eigenvalue weighted by Crippen LogP contribution is 2.57. The summed E-state index contributed by atoms with van der Waals surface area (Å²) >= 11 is 0. The Morgan fingerprint density at radius 2 is 1.06 bits per heavy atom. The molecule has 0 unspecified atom stereocenters. The standard InChI is InChI=1S/C49H32N4/c50-31-33-23-25-52-47(27-33)37-15-11-35(12-16-37)39-19-21-43-44-22-20-40(36-13-17-38(18-14-36)48-28-34(32-51)24-26-53-48)30-46(44)49(45(43)29-39,41-7-3-1-4-8-41)42-9-5-2-6-10-42/h1-25,27-30,53H,26H2. The molecule has 2 heterocycles. The fraction of sp³-hybridized carbons (Fsp3) is 0.0408. The number of allylic oxidation sites excluding steroid dienone is 2. The van der Waals surface area contributed by atoms with E-state index >= 15 is 0 Å². The van der Waals surface area contributed by atoms with Gasteiger partial charge in [0, 0.05) is 24.0 Å². The van der Waals surface area contributed by atoms with Crippen LogP contribution in [0, 0.1) is 22.7 Å². The molecular formula is C49H32N4. The van der Waals surface area contributed by atoms with Crippen molar-refractivity contribution in [1.29, 1.82) is 10.5 Å². The highest BCUT2D eigenvalue weighted by atomic mass is 14.9. The first-order valence-corrected chi connectivity index (χ1v) is 17.7. The van der Waals surface area contributed by atoms with Gasteiger partial charge in [-0.3, -0.25) is 4.98 Å². The van der Waals surface area contributed by atoms with E-state index in [0.29, 0.717) is 17.7 Å². The number of pyridine rings is 1. The van der Waals surface area contributed by atoms with E-state index in [1.807, 2.05) is 18.2 Å². The van der Waals surface area contributed by atoms with Crippen molar-refractivity contribution in [2.45, 2.75) is 5.41 Å². The molecule has 1 aliphatic carbocycles. The Morgan fingerprint density at radius 1 is 0.528 bits per heavy atom. The van der Waals surface area contributed by atoms with Gasteiger partial charge in [-0.15, -0.1) is 0 Å². The molecule has 4 heteroatoms. The van der Waals surface area contributed by atoms with Gasteiger partial charge in [-0.2, -0.15) is 10.5 Å². The highest BCUT2D eigenvalue weighted by molar-refractivity contribution is 5.90. The van der Waals surface area contributed by atoms with Gasteiger partial charge in [0.25, 0.3) is 0 Å². The van der Waals surface area contributed by atoms with Crippen molar-refractivity contribution in [1.82, 2.24) is 10.3 Å². The molecule has 6 aromatic carbocycles. The maximum absolute atomic E-state index is 9.43. The van der Waals surface area contributed by atoms with Crippen LogP contribution in [0.15, 0.2) is 182 Å². The van der Waals surface area contributed by atoms with Gasteiger partial charge in [-0.05, 0) is 97.6 Å². The van der Waals surface area contributed by atoms with Crippen LogP contribution in [0.1, 0.15) is 33.4 Å². The summed E-state index contributed by atoms with van der Waals surface area (Å²) in [7, 11) is 0. The summed E-state index contributed by atoms with van der Waals surface area (Å²) in [6.07, 6.45) is 5.50. The predicted molar refractivity (Wildman–Crippen MR) is 212 cm³/mol. The summed E-state index contributed by atoms with van der Waals surface area (Å²) in [5.74, 6) is 0. The van der Waals surface area contributed by atoms with Gasteiger partial charge in [-0.1, -0.05) is 133 Å². The van der Waals surface area contributed by atoms with Gasteiger partial charge in [0.05, 0.1) is 34.4 Å². The van der Waals surface area contributed by atoms with Crippen LogP contribution in [-0.4, -0.2) is 11.5 Å². The van der Waals surface area contributed by atoms with Gasteiger partial charge >= 0.3 is 0 Å². The van der Waals surface area contributed by atoms with Gasteiger partial charge < -0.3 is 5.32 Å². The molecule has 53 heavy (non-hydrogen) atoms. The molecule has 0 amide bonds. The molecule has 1 N–H and O–H groups in total. The Labute approximate surface area is 309 Å². The lowest BCUT2D eigenvalue weighted by Gasteiger charge is -2.34. The zero-order valence-corrected chi connectivity index (χ0v) is 28.8. The molecule has 0 bridgehead atoms. The molecule has 9 rings (SSSR count). The van der Waals surface area contributed by atoms with Crippen molar-refractivity contribution in [2.24, 2.45) is 0 Å². The van der Waals surface area contributed by atoms with E-state index in [0.717, 1.165) is 44.8 Å². The Morgan fingerprint density at radius 3 is 1.60 bits per heavy atom. The van der Waals surface area contributed by atoms with Crippen molar-refractivity contribution in [3.05, 3.63) is 215 Å². The van der Waals surface area contributed by atoms with Crippen LogP contribution in [0.4, 0.5) is 0 Å². The minimum absolute atomic E-state index is 0.558. The number of nitrogens with one attached hydrogen (secondary N) is 1. The molecule has 0 radical (unpaired) electrons. The fourth-order valence-corrected chi connectivity index (χ4v) is 7.98. The van der Waals surface area contributed by atoms with Crippen molar-refractivity contribution in [3.63, 3.8) is 0 Å². The maximum Gasteiger partial charge on any atom is 0.0992 e. The van der Waals surface area contributed by atoms with Crippen LogP contribution in [0.5, 0.6) is 0 Å². The molecule has 7 aromatic rings.